The molecule has 4 aliphatic heterocycles. The lowest BCUT2D eigenvalue weighted by molar-refractivity contribution is -0.139. The fraction of sp³-hybridized carbons (Fsp3) is 0.560. The molecule has 5 heteroatoms. The van der Waals surface area contributed by atoms with Crippen molar-refractivity contribution in [2.45, 2.75) is 49.7 Å². The van der Waals surface area contributed by atoms with Crippen LogP contribution < -0.4 is 0 Å². The highest BCUT2D eigenvalue weighted by Gasteiger charge is 2.65. The fourth-order valence-corrected chi connectivity index (χ4v) is 6.89. The van der Waals surface area contributed by atoms with Gasteiger partial charge < -0.3 is 14.2 Å². The summed E-state index contributed by atoms with van der Waals surface area (Å²) in [7, 11) is 2.19. The van der Waals surface area contributed by atoms with Crippen LogP contribution in [0.15, 0.2) is 47.1 Å². The van der Waals surface area contributed by atoms with E-state index in [9.17, 15) is 4.79 Å². The van der Waals surface area contributed by atoms with Gasteiger partial charge in [0.15, 0.2) is 0 Å². The molecule has 0 radical (unpaired) electrons. The predicted molar refractivity (Wildman–Crippen MR) is 116 cm³/mol. The van der Waals surface area contributed by atoms with Crippen LogP contribution >= 0.6 is 0 Å². The Kier molecular flexibility index (Phi) is 4.32. The van der Waals surface area contributed by atoms with E-state index in [-0.39, 0.29) is 5.54 Å². The molecule has 3 atom stereocenters. The SMILES string of the molecule is CN1CCC(N2C[C@@H]3C[C@@H](c4ccccc4-c4ccco4)N4CCC[C@@]34C2=O)CC1. The molecule has 0 unspecified atom stereocenters. The zero-order chi connectivity index (χ0) is 20.3. The first-order valence-corrected chi connectivity index (χ1v) is 11.6. The molecular weight excluding hydrogens is 374 g/mol. The molecule has 158 valence electrons. The molecule has 4 aliphatic rings. The van der Waals surface area contributed by atoms with Gasteiger partial charge in [-0.15, -0.1) is 0 Å². The van der Waals surface area contributed by atoms with E-state index in [1.807, 2.05) is 12.1 Å². The Hall–Kier alpha value is -2.11. The van der Waals surface area contributed by atoms with E-state index < -0.39 is 0 Å². The van der Waals surface area contributed by atoms with Crippen LogP contribution in [0.3, 0.4) is 0 Å². The predicted octanol–water partition coefficient (Wildman–Crippen LogP) is 3.78. The molecule has 5 heterocycles. The van der Waals surface area contributed by atoms with Crippen LogP contribution in [0.25, 0.3) is 11.3 Å². The fourth-order valence-electron chi connectivity index (χ4n) is 6.89. The van der Waals surface area contributed by atoms with Crippen molar-refractivity contribution in [2.24, 2.45) is 5.92 Å². The minimum atomic E-state index is -0.260. The second kappa shape index (κ2) is 6.96. The average Bonchev–Trinajstić information content (AvgIpc) is 3.53. The molecule has 30 heavy (non-hydrogen) atoms. The summed E-state index contributed by atoms with van der Waals surface area (Å²) < 4.78 is 5.75. The van der Waals surface area contributed by atoms with Crippen LogP contribution in [-0.4, -0.2) is 65.4 Å². The Labute approximate surface area is 178 Å². The van der Waals surface area contributed by atoms with Gasteiger partial charge >= 0.3 is 0 Å². The van der Waals surface area contributed by atoms with Crippen molar-refractivity contribution < 1.29 is 9.21 Å². The number of carbonyl (C=O) groups excluding carboxylic acids is 1. The monoisotopic (exact) mass is 405 g/mol. The van der Waals surface area contributed by atoms with Gasteiger partial charge in [0.2, 0.25) is 5.91 Å². The molecular formula is C25H31N3O2. The molecule has 0 N–H and O–H groups in total. The molecule has 6 rings (SSSR count). The normalized spacial score (nSPS) is 32.7. The summed E-state index contributed by atoms with van der Waals surface area (Å²) >= 11 is 0. The molecule has 1 aromatic heterocycles. The van der Waals surface area contributed by atoms with E-state index in [0.717, 1.165) is 64.0 Å². The molecule has 1 amide bonds. The number of nitrogens with zero attached hydrogens (tertiary/aromatic N) is 3. The maximum atomic E-state index is 13.9. The number of carbonyl (C=O) groups is 1. The number of likely N-dealkylation sites (tertiary alicyclic amines) is 2. The van der Waals surface area contributed by atoms with Crippen LogP contribution in [0.2, 0.25) is 0 Å². The maximum absolute atomic E-state index is 13.9. The second-order valence-corrected chi connectivity index (χ2v) is 9.73. The minimum absolute atomic E-state index is 0.260. The smallest absolute Gasteiger partial charge is 0.243 e. The van der Waals surface area contributed by atoms with Gasteiger partial charge in [-0.2, -0.15) is 0 Å². The third kappa shape index (κ3) is 2.58. The Bertz CT molecular complexity index is 934. The molecule has 2 aromatic rings. The number of piperidine rings is 1. The third-order valence-corrected chi connectivity index (χ3v) is 8.31. The van der Waals surface area contributed by atoms with Crippen LogP contribution in [0.5, 0.6) is 0 Å². The number of amides is 1. The topological polar surface area (TPSA) is 39.9 Å². The molecule has 0 aliphatic carbocycles. The van der Waals surface area contributed by atoms with E-state index in [1.165, 1.54) is 11.1 Å². The van der Waals surface area contributed by atoms with Crippen LogP contribution in [0.1, 0.15) is 43.7 Å². The number of hydrogen-bond acceptors (Lipinski definition) is 4. The van der Waals surface area contributed by atoms with Crippen molar-refractivity contribution in [1.29, 1.82) is 0 Å². The van der Waals surface area contributed by atoms with E-state index >= 15 is 0 Å². The highest BCUT2D eigenvalue weighted by molar-refractivity contribution is 5.90. The molecule has 1 aromatic carbocycles. The van der Waals surface area contributed by atoms with Crippen LogP contribution in [0.4, 0.5) is 0 Å². The van der Waals surface area contributed by atoms with Crippen molar-refractivity contribution in [3.8, 4) is 11.3 Å². The van der Waals surface area contributed by atoms with Crippen LogP contribution in [-0.2, 0) is 4.79 Å². The molecule has 0 bridgehead atoms. The zero-order valence-corrected chi connectivity index (χ0v) is 17.8. The Morgan fingerprint density at radius 1 is 1.07 bits per heavy atom. The third-order valence-electron chi connectivity index (χ3n) is 8.31. The van der Waals surface area contributed by atoms with Gasteiger partial charge in [0.25, 0.3) is 0 Å². The van der Waals surface area contributed by atoms with E-state index in [1.54, 1.807) is 6.26 Å². The Morgan fingerprint density at radius 2 is 1.90 bits per heavy atom. The minimum Gasteiger partial charge on any atom is -0.464 e. The molecule has 5 nitrogen and oxygen atoms in total. The van der Waals surface area contributed by atoms with Gasteiger partial charge in [-0.05, 0) is 76.5 Å². The quantitative estimate of drug-likeness (QED) is 0.779. The Morgan fingerprint density at radius 3 is 2.70 bits per heavy atom. The lowest BCUT2D eigenvalue weighted by Gasteiger charge is -2.38. The van der Waals surface area contributed by atoms with Crippen molar-refractivity contribution in [3.63, 3.8) is 0 Å². The highest BCUT2D eigenvalue weighted by Crippen LogP contribution is 2.57. The summed E-state index contributed by atoms with van der Waals surface area (Å²) in [6, 6.07) is 13.4. The number of rotatable bonds is 3. The summed E-state index contributed by atoms with van der Waals surface area (Å²) in [6.07, 6.45) is 7.22. The van der Waals surface area contributed by atoms with Gasteiger partial charge in [0, 0.05) is 30.1 Å². The summed E-state index contributed by atoms with van der Waals surface area (Å²) in [5, 5.41) is 0. The van der Waals surface area contributed by atoms with Crippen molar-refractivity contribution >= 4 is 5.91 Å². The number of hydrogen-bond donors (Lipinski definition) is 0. The molecule has 4 saturated heterocycles. The lowest BCUT2D eigenvalue weighted by atomic mass is 9.85. The van der Waals surface area contributed by atoms with E-state index in [4.69, 9.17) is 4.42 Å². The summed E-state index contributed by atoms with van der Waals surface area (Å²) in [4.78, 5) is 21.2. The lowest BCUT2D eigenvalue weighted by Crippen LogP contribution is -2.52. The summed E-state index contributed by atoms with van der Waals surface area (Å²) in [5.74, 6) is 1.80. The van der Waals surface area contributed by atoms with Crippen molar-refractivity contribution in [3.05, 3.63) is 48.2 Å². The van der Waals surface area contributed by atoms with Crippen LogP contribution in [0, 0.1) is 5.92 Å². The number of furan rings is 1. The largest absolute Gasteiger partial charge is 0.464 e. The van der Waals surface area contributed by atoms with Crippen molar-refractivity contribution in [1.82, 2.24) is 14.7 Å². The summed E-state index contributed by atoms with van der Waals surface area (Å²) in [6.45, 7) is 4.19. The zero-order valence-electron chi connectivity index (χ0n) is 17.8. The first-order chi connectivity index (χ1) is 14.7. The second-order valence-electron chi connectivity index (χ2n) is 9.73. The van der Waals surface area contributed by atoms with Gasteiger partial charge in [-0.25, -0.2) is 0 Å². The van der Waals surface area contributed by atoms with Gasteiger partial charge in [0.1, 0.15) is 11.3 Å². The average molecular weight is 406 g/mol. The molecule has 4 fully saturated rings. The number of benzene rings is 1. The van der Waals surface area contributed by atoms with E-state index in [2.05, 4.69) is 46.0 Å². The van der Waals surface area contributed by atoms with Gasteiger partial charge in [0.05, 0.1) is 6.26 Å². The van der Waals surface area contributed by atoms with E-state index in [0.29, 0.717) is 23.9 Å². The van der Waals surface area contributed by atoms with Gasteiger partial charge in [-0.3, -0.25) is 9.69 Å². The maximum Gasteiger partial charge on any atom is 0.243 e. The first kappa shape index (κ1) is 18.6. The Balaban J connectivity index is 1.32. The standard InChI is InChI=1S/C25H31N3O2/c1-26-13-9-19(10-14-26)27-17-18-16-22(28-12-5-11-25(18,28)24(27)29)20-6-2-3-7-21(20)23-8-4-15-30-23/h2-4,6-8,15,18-19,22H,5,9-14,16-17H2,1H3/t18-,22-,25-/m0/s1. The van der Waals surface area contributed by atoms with Crippen molar-refractivity contribution in [2.75, 3.05) is 33.2 Å². The highest BCUT2D eigenvalue weighted by atomic mass is 16.3. The molecule has 0 saturated carbocycles. The van der Waals surface area contributed by atoms with Gasteiger partial charge in [-0.1, -0.05) is 24.3 Å². The summed E-state index contributed by atoms with van der Waals surface area (Å²) in [5.41, 5.74) is 2.24. The molecule has 1 spiro atoms. The first-order valence-electron chi connectivity index (χ1n) is 11.6.